The number of anilines is 2. The number of hydrogen-bond donors (Lipinski definition) is 1. The first-order valence-electron chi connectivity index (χ1n) is 21.8. The van der Waals surface area contributed by atoms with E-state index in [1.165, 1.54) is 50.0 Å². The third-order valence-electron chi connectivity index (χ3n) is 12.0. The van der Waals surface area contributed by atoms with E-state index in [9.17, 15) is 35.2 Å². The van der Waals surface area contributed by atoms with Crippen LogP contribution in [0.15, 0.2) is 70.5 Å². The molecule has 2 aliphatic heterocycles. The first kappa shape index (κ1) is 54.5. The lowest BCUT2D eigenvalue weighted by Crippen LogP contribution is -2.50. The van der Waals surface area contributed by atoms with Gasteiger partial charge in [0.1, 0.15) is 11.6 Å². The summed E-state index contributed by atoms with van der Waals surface area (Å²) in [5.41, 5.74) is 2.51. The van der Waals surface area contributed by atoms with Gasteiger partial charge in [-0.25, -0.2) is 35.6 Å². The Morgan fingerprint density at radius 1 is 0.652 bits per heavy atom. The minimum atomic E-state index is -3.28. The first-order valence-corrected chi connectivity index (χ1v) is 28.4. The number of halogens is 3. The minimum Gasteiger partial charge on any atom is -0.417 e. The van der Waals surface area contributed by atoms with Gasteiger partial charge < -0.3 is 28.5 Å². The molecule has 6 rings (SSSR count). The molecule has 0 amide bonds. The van der Waals surface area contributed by atoms with Gasteiger partial charge in [0, 0.05) is 78.0 Å². The molecule has 0 saturated carbocycles. The zero-order valence-corrected chi connectivity index (χ0v) is 42.4. The van der Waals surface area contributed by atoms with Crippen LogP contribution < -0.4 is 20.9 Å². The zero-order chi connectivity index (χ0) is 47.7. The Labute approximate surface area is 394 Å². The fraction of sp³-hybridized carbons (Fsp3) is 0.545. The van der Waals surface area contributed by atoms with E-state index in [4.69, 9.17) is 14.5 Å². The van der Waals surface area contributed by atoms with Crippen LogP contribution in [0.1, 0.15) is 56.1 Å². The molecule has 2 fully saturated rings. The van der Waals surface area contributed by atoms with Crippen molar-refractivity contribution in [2.45, 2.75) is 77.7 Å². The van der Waals surface area contributed by atoms with Gasteiger partial charge in [-0.1, -0.05) is 45.0 Å². The average Bonchev–Trinajstić information content (AvgIpc) is 3.24. The summed E-state index contributed by atoms with van der Waals surface area (Å²) in [6.45, 7) is 15.0. The SMILES string of the molecule is CC(C)(C)[Si](C)(C)OCCCc1cn(Cc2ccc(F)cc2)c(=O)c(N2CCN(S(C)(=O)=O)CC2)n1.CS(=O)(=O)N1CCN(c2nc(CCCO)cn(Cc3ccc(F)cc3)c2=O)CC1.Cl. The highest BCUT2D eigenvalue weighted by molar-refractivity contribution is 7.88. The van der Waals surface area contributed by atoms with E-state index in [0.717, 1.165) is 23.2 Å². The minimum absolute atomic E-state index is 0. The molecule has 16 nitrogen and oxygen atoms in total. The molecule has 0 unspecified atom stereocenters. The van der Waals surface area contributed by atoms with Gasteiger partial charge in [-0.2, -0.15) is 8.61 Å². The summed E-state index contributed by atoms with van der Waals surface area (Å²) in [5.74, 6) is -0.0691. The molecule has 0 spiro atoms. The number of benzene rings is 2. The van der Waals surface area contributed by atoms with Crippen molar-refractivity contribution in [3.8, 4) is 0 Å². The van der Waals surface area contributed by atoms with Crippen LogP contribution in [-0.2, 0) is 50.4 Å². The monoisotopic (exact) mass is 998 g/mol. The molecule has 0 radical (unpaired) electrons. The molecule has 0 bridgehead atoms. The van der Waals surface area contributed by atoms with Crippen LogP contribution in [0.3, 0.4) is 0 Å². The van der Waals surface area contributed by atoms with Crippen molar-refractivity contribution in [3.63, 3.8) is 0 Å². The summed E-state index contributed by atoms with van der Waals surface area (Å²) in [4.78, 5) is 39.3. The lowest BCUT2D eigenvalue weighted by atomic mass is 10.2. The van der Waals surface area contributed by atoms with E-state index in [2.05, 4.69) is 38.8 Å². The maximum absolute atomic E-state index is 13.4. The van der Waals surface area contributed by atoms with Crippen LogP contribution in [0.4, 0.5) is 20.4 Å². The highest BCUT2D eigenvalue weighted by atomic mass is 35.5. The molecule has 66 heavy (non-hydrogen) atoms. The van der Waals surface area contributed by atoms with Crippen molar-refractivity contribution in [1.29, 1.82) is 0 Å². The molecule has 0 atom stereocenters. The summed E-state index contributed by atoms with van der Waals surface area (Å²) in [6, 6.07) is 12.0. The van der Waals surface area contributed by atoms with Crippen LogP contribution in [0.25, 0.3) is 0 Å². The molecule has 2 saturated heterocycles. The molecular formula is C44H65ClF2N8O8S2Si. The maximum atomic E-state index is 13.4. The number of aliphatic hydroxyl groups excluding tert-OH is 1. The van der Waals surface area contributed by atoms with E-state index in [1.54, 1.807) is 46.1 Å². The standard InChI is InChI=1S/C25H39FN4O4SSi.C19H25FN4O4S.ClH/c1-25(2,3)36(5,6)34-17-7-8-22-19-29(18-20-9-11-21(26)12-10-20)24(31)23(27-22)28-13-15-30(16-14-28)35(4,32)33;1-29(27,28)24-10-8-22(9-11-24)18-19(26)23(14-17(21-18)3-2-12-25)13-15-4-6-16(20)7-5-15;/h9-12,19H,7-8,13-18H2,1-6H3;4-7,14,25H,2-3,8-13H2,1H3;1H. The molecule has 2 aliphatic rings. The lowest BCUT2D eigenvalue weighted by Gasteiger charge is -2.36. The summed E-state index contributed by atoms with van der Waals surface area (Å²) in [7, 11) is -8.39. The predicted molar refractivity (Wildman–Crippen MR) is 259 cm³/mol. The van der Waals surface area contributed by atoms with Gasteiger partial charge >= 0.3 is 0 Å². The summed E-state index contributed by atoms with van der Waals surface area (Å²) >= 11 is 0. The fourth-order valence-corrected chi connectivity index (χ4v) is 9.88. The van der Waals surface area contributed by atoms with Gasteiger partial charge in [0.2, 0.25) is 20.0 Å². The highest BCUT2D eigenvalue weighted by Crippen LogP contribution is 2.36. The van der Waals surface area contributed by atoms with Crippen LogP contribution in [0.5, 0.6) is 0 Å². The van der Waals surface area contributed by atoms with Crippen LogP contribution >= 0.6 is 12.4 Å². The Kier molecular flexibility index (Phi) is 19.2. The Hall–Kier alpha value is -4.09. The number of hydrogen-bond acceptors (Lipinski definition) is 12. The Morgan fingerprint density at radius 2 is 1.02 bits per heavy atom. The van der Waals surface area contributed by atoms with E-state index < -0.39 is 28.4 Å². The largest absolute Gasteiger partial charge is 0.417 e. The Balaban J connectivity index is 0.000000290. The second-order valence-corrected chi connectivity index (χ2v) is 26.8. The molecule has 2 aromatic heterocycles. The summed E-state index contributed by atoms with van der Waals surface area (Å²) in [6.07, 6.45) is 8.25. The Bertz CT molecular complexity index is 2570. The maximum Gasteiger partial charge on any atom is 0.293 e. The number of sulfonamides is 2. The van der Waals surface area contributed by atoms with Crippen LogP contribution in [0, 0.1) is 11.6 Å². The number of piperazine rings is 2. The predicted octanol–water partition coefficient (Wildman–Crippen LogP) is 4.33. The normalized spacial score (nSPS) is 15.5. The highest BCUT2D eigenvalue weighted by Gasteiger charge is 2.37. The number of aromatic nitrogens is 4. The van der Waals surface area contributed by atoms with E-state index in [0.29, 0.717) is 96.3 Å². The zero-order valence-electron chi connectivity index (χ0n) is 39.0. The van der Waals surface area contributed by atoms with E-state index in [1.807, 2.05) is 4.90 Å². The Morgan fingerprint density at radius 3 is 1.35 bits per heavy atom. The van der Waals surface area contributed by atoms with Crippen molar-refractivity contribution >= 4 is 52.4 Å². The fourth-order valence-electron chi connectivity index (χ4n) is 7.14. The van der Waals surface area contributed by atoms with Crippen molar-refractivity contribution in [1.82, 2.24) is 27.7 Å². The van der Waals surface area contributed by atoms with Crippen molar-refractivity contribution in [2.24, 2.45) is 0 Å². The molecule has 0 aliphatic carbocycles. The van der Waals surface area contributed by atoms with Gasteiger partial charge in [0.25, 0.3) is 11.1 Å². The molecule has 22 heteroatoms. The third kappa shape index (κ3) is 15.2. The van der Waals surface area contributed by atoms with Crippen LogP contribution in [0.2, 0.25) is 18.1 Å². The molecular weight excluding hydrogens is 934 g/mol. The lowest BCUT2D eigenvalue weighted by molar-refractivity contribution is 0.282. The second-order valence-electron chi connectivity index (χ2n) is 18.1. The first-order chi connectivity index (χ1) is 30.4. The van der Waals surface area contributed by atoms with Crippen LogP contribution in [-0.4, -0.2) is 136 Å². The van der Waals surface area contributed by atoms with Crippen molar-refractivity contribution in [3.05, 3.63) is 116 Å². The van der Waals surface area contributed by atoms with Gasteiger partial charge in [-0.05, 0) is 79.2 Å². The molecule has 1 N–H and O–H groups in total. The molecule has 366 valence electrons. The summed E-state index contributed by atoms with van der Waals surface area (Å²) in [5, 5.41) is 9.27. The topological polar surface area (TPSA) is 180 Å². The number of rotatable bonds is 16. The summed E-state index contributed by atoms with van der Waals surface area (Å²) < 4.78 is 86.1. The number of aryl methyl sites for hydroxylation is 2. The molecule has 4 heterocycles. The third-order valence-corrected chi connectivity index (χ3v) is 19.1. The molecule has 4 aromatic rings. The van der Waals surface area contributed by atoms with Gasteiger partial charge in [0.15, 0.2) is 20.0 Å². The van der Waals surface area contributed by atoms with Gasteiger partial charge in [0.05, 0.1) is 37.0 Å². The molecule has 2 aromatic carbocycles. The van der Waals surface area contributed by atoms with Gasteiger partial charge in [-0.15, -0.1) is 12.4 Å². The quantitative estimate of drug-likeness (QED) is 0.124. The number of aliphatic hydroxyl groups is 1. The van der Waals surface area contributed by atoms with E-state index >= 15 is 0 Å². The second kappa shape index (κ2) is 23.3. The average molecular weight is 1000 g/mol. The van der Waals surface area contributed by atoms with E-state index in [-0.39, 0.29) is 59.2 Å². The van der Waals surface area contributed by atoms with Crippen molar-refractivity contribution < 1.29 is 35.1 Å². The van der Waals surface area contributed by atoms with Gasteiger partial charge in [-0.3, -0.25) is 9.59 Å². The van der Waals surface area contributed by atoms with Crippen molar-refractivity contribution in [2.75, 3.05) is 87.9 Å². The number of nitrogens with zero attached hydrogens (tertiary/aromatic N) is 8. The smallest absolute Gasteiger partial charge is 0.293 e.